The summed E-state index contributed by atoms with van der Waals surface area (Å²) in [6.45, 7) is 2.18. The maximum atomic E-state index is 12.8. The Morgan fingerprint density at radius 2 is 1.11 bits per heavy atom. The van der Waals surface area contributed by atoms with E-state index in [4.69, 9.17) is 28.3 Å². The second-order valence-corrected chi connectivity index (χ2v) is 14.8. The summed E-state index contributed by atoms with van der Waals surface area (Å²) >= 11 is 0. The van der Waals surface area contributed by atoms with Crippen molar-refractivity contribution in [3.63, 3.8) is 0 Å². The fourth-order valence-electron chi connectivity index (χ4n) is 5.07. The second-order valence-electron chi connectivity index (χ2n) is 12.2. The molecule has 0 spiro atoms. The Labute approximate surface area is 334 Å². The van der Waals surface area contributed by atoms with Gasteiger partial charge in [0.25, 0.3) is 0 Å². The summed E-state index contributed by atoms with van der Waals surface area (Å²) in [5.41, 5.74) is 0. The minimum Gasteiger partial charge on any atom is -0.456 e. The summed E-state index contributed by atoms with van der Waals surface area (Å²) < 4.78 is 48.1. The van der Waals surface area contributed by atoms with E-state index in [0.29, 0.717) is 6.42 Å². The first-order valence-electron chi connectivity index (χ1n) is 17.5. The predicted molar refractivity (Wildman–Crippen MR) is 215 cm³/mol. The largest absolute Gasteiger partial charge is 0.472 e. The number of rotatable bonds is 24. The lowest BCUT2D eigenvalue weighted by Gasteiger charge is -2.43. The molecule has 1 aliphatic rings. The fraction of sp³-hybridized carbons (Fsp3) is 0.714. The van der Waals surface area contributed by atoms with E-state index in [9.17, 15) is 44.0 Å². The summed E-state index contributed by atoms with van der Waals surface area (Å²) in [6, 6.07) is 0. The molecule has 0 saturated heterocycles. The number of aliphatic hydroxyl groups is 4. The summed E-state index contributed by atoms with van der Waals surface area (Å²) in [6.07, 6.45) is -0.814. The molecule has 7 N–H and O–H groups in total. The highest BCUT2D eigenvalue weighted by atomic mass is 32.1. The van der Waals surface area contributed by atoms with Gasteiger partial charge >= 0.3 is 27.6 Å². The summed E-state index contributed by atoms with van der Waals surface area (Å²) in [5, 5.41) is 41.0. The fourth-order valence-corrected chi connectivity index (χ4v) is 6.61. The van der Waals surface area contributed by atoms with E-state index >= 15 is 0 Å². The number of phosphoric acid groups is 2. The van der Waals surface area contributed by atoms with E-state index in [1.807, 2.05) is 0 Å². The van der Waals surface area contributed by atoms with Crippen molar-refractivity contribution in [3.8, 4) is 47.4 Å². The first kappa shape index (κ1) is 51.6. The van der Waals surface area contributed by atoms with Gasteiger partial charge in [-0.15, -0.1) is 0 Å². The zero-order valence-electron chi connectivity index (χ0n) is 30.6. The molecule has 1 aliphatic carbocycles. The van der Waals surface area contributed by atoms with Gasteiger partial charge in [-0.1, -0.05) is 89.9 Å². The van der Waals surface area contributed by atoms with Crippen LogP contribution in [0, 0.1) is 47.4 Å². The number of carbonyl (C=O) groups excluding carboxylic acids is 2. The highest BCUT2D eigenvalue weighted by Gasteiger charge is 2.54. The summed E-state index contributed by atoms with van der Waals surface area (Å²) in [7, 11) is -10.6. The maximum absolute atomic E-state index is 12.8. The number of ether oxygens (including phenoxy) is 2. The Morgan fingerprint density at radius 1 is 0.667 bits per heavy atom. The molecule has 0 bridgehead atoms. The lowest BCUT2D eigenvalue weighted by molar-refractivity contribution is -0.216. The first-order valence-corrected chi connectivity index (χ1v) is 20.5. The number of hydrogen-bond acceptors (Lipinski definition) is 13. The quantitative estimate of drug-likeness (QED) is 0.0236. The van der Waals surface area contributed by atoms with Crippen LogP contribution < -0.4 is 0 Å². The average molecular weight is 839 g/mol. The molecule has 0 radical (unpaired) electrons. The van der Waals surface area contributed by atoms with Crippen LogP contribution in [0.15, 0.2) is 0 Å². The Balaban J connectivity index is -0.000000585. The monoisotopic (exact) mass is 838 g/mol. The smallest absolute Gasteiger partial charge is 0.456 e. The van der Waals surface area contributed by atoms with Crippen LogP contribution in [0.25, 0.3) is 0 Å². The van der Waals surface area contributed by atoms with Crippen LogP contribution in [-0.4, -0.2) is 103 Å². The number of unbranched alkanes of at least 4 members (excludes halogenated alkanes) is 12. The summed E-state index contributed by atoms with van der Waals surface area (Å²) in [5.74, 6) is 16.9. The zero-order chi connectivity index (χ0) is 39.7. The molecule has 1 fully saturated rings. The van der Waals surface area contributed by atoms with Crippen LogP contribution >= 0.6 is 29.1 Å². The van der Waals surface area contributed by atoms with E-state index < -0.39 is 83.5 Å². The van der Waals surface area contributed by atoms with E-state index in [1.165, 1.54) is 51.4 Å². The highest BCUT2D eigenvalue weighted by molar-refractivity contribution is 7.59. The molecule has 16 nitrogen and oxygen atoms in total. The third kappa shape index (κ3) is 23.5. The number of aliphatic hydroxyl groups excluding tert-OH is 4. The Kier molecular flexibility index (Phi) is 27.6. The van der Waals surface area contributed by atoms with Crippen LogP contribution in [0.4, 0.5) is 0 Å². The minimum atomic E-state index is -5.32. The van der Waals surface area contributed by atoms with Gasteiger partial charge in [0.2, 0.25) is 0 Å². The van der Waals surface area contributed by atoms with Gasteiger partial charge < -0.3 is 44.6 Å². The van der Waals surface area contributed by atoms with Gasteiger partial charge in [-0.3, -0.25) is 18.4 Å². The topological polar surface area (TPSA) is 256 Å². The van der Waals surface area contributed by atoms with Crippen LogP contribution in [0.2, 0.25) is 0 Å². The van der Waals surface area contributed by atoms with Crippen LogP contribution in [-0.2, 0) is 41.8 Å². The standard InChI is InChI=1S/C35H52O16P2.H2S.7H2/c1-3-5-7-9-11-12-13-14-15-16-18-20-22-24-29(37)49-27(25-47-28(36)23-21-19-17-10-8-6-4-2)26-48-53(45,46)51-35-32(40)30(38)34(31(39)33(35)41)50-52(42,43)44;;;;;;;;/h27,30-35,38-41H,3,5,7,9,11-16,18,20,22,24-26H2,1-2H3,(H,45,46)(H2,42,43,44);1H2;7*1H/t27-,30+,31?,32?,33+,34?,35?;;;;;;;;/m1......../s1. The molecule has 0 aromatic carbocycles. The average Bonchev–Trinajstić information content (AvgIpc) is 3.10. The normalized spacial score (nSPS) is 22.1. The Hall–Kier alpha value is -2.41. The lowest BCUT2D eigenvalue weighted by atomic mass is 9.85. The van der Waals surface area contributed by atoms with Crippen LogP contribution in [0.3, 0.4) is 0 Å². The molecule has 0 aromatic rings. The first-order chi connectivity index (χ1) is 25.1. The van der Waals surface area contributed by atoms with Crippen LogP contribution in [0.5, 0.6) is 0 Å². The van der Waals surface area contributed by atoms with Gasteiger partial charge in [-0.05, 0) is 48.9 Å². The number of carbonyl (C=O) groups is 2. The third-order valence-electron chi connectivity index (χ3n) is 7.77. The zero-order valence-corrected chi connectivity index (χ0v) is 33.3. The van der Waals surface area contributed by atoms with Crippen molar-refractivity contribution in [2.45, 2.75) is 146 Å². The van der Waals surface area contributed by atoms with Crippen molar-refractivity contribution in [1.29, 1.82) is 0 Å². The third-order valence-corrected chi connectivity index (χ3v) is 9.27. The molecule has 19 heteroatoms. The molecule has 320 valence electrons. The lowest BCUT2D eigenvalue weighted by Crippen LogP contribution is -2.64. The van der Waals surface area contributed by atoms with Gasteiger partial charge in [0.1, 0.15) is 43.2 Å². The molecule has 5 unspecified atom stereocenters. The molecule has 1 saturated carbocycles. The molecule has 0 aliphatic heterocycles. The molecular formula is C35H68O16P2S. The Morgan fingerprint density at radius 3 is 1.59 bits per heavy atom. The molecular weight excluding hydrogens is 770 g/mol. The van der Waals surface area contributed by atoms with E-state index in [-0.39, 0.29) is 29.9 Å². The van der Waals surface area contributed by atoms with Gasteiger partial charge in [0.15, 0.2) is 6.10 Å². The van der Waals surface area contributed by atoms with Gasteiger partial charge in [-0.25, -0.2) is 13.9 Å². The van der Waals surface area contributed by atoms with Crippen LogP contribution in [0.1, 0.15) is 114 Å². The van der Waals surface area contributed by atoms with Gasteiger partial charge in [0.05, 0.1) is 6.61 Å². The van der Waals surface area contributed by atoms with Crippen molar-refractivity contribution < 1.29 is 86.9 Å². The second kappa shape index (κ2) is 28.9. The van der Waals surface area contributed by atoms with Gasteiger partial charge in [0, 0.05) is 22.3 Å². The molecule has 1 rings (SSSR count). The summed E-state index contributed by atoms with van der Waals surface area (Å²) in [4.78, 5) is 53.0. The number of hydrogen-bond donors (Lipinski definition) is 7. The van der Waals surface area contributed by atoms with Gasteiger partial charge in [-0.2, -0.15) is 13.5 Å². The number of esters is 2. The maximum Gasteiger partial charge on any atom is 0.472 e. The predicted octanol–water partition coefficient (Wildman–Crippen LogP) is 4.23. The van der Waals surface area contributed by atoms with Crippen molar-refractivity contribution in [3.05, 3.63) is 0 Å². The van der Waals surface area contributed by atoms with Crippen molar-refractivity contribution in [2.24, 2.45) is 0 Å². The van der Waals surface area contributed by atoms with Crippen molar-refractivity contribution >= 4 is 41.1 Å². The van der Waals surface area contributed by atoms with E-state index in [2.05, 4.69) is 58.8 Å². The minimum absolute atomic E-state index is 0. The molecule has 0 amide bonds. The van der Waals surface area contributed by atoms with Crippen molar-refractivity contribution in [2.75, 3.05) is 13.2 Å². The van der Waals surface area contributed by atoms with E-state index in [0.717, 1.165) is 25.7 Å². The van der Waals surface area contributed by atoms with E-state index in [1.54, 1.807) is 6.92 Å². The highest BCUT2D eigenvalue weighted by Crippen LogP contribution is 2.48. The molecule has 8 atom stereocenters. The molecule has 54 heavy (non-hydrogen) atoms. The molecule has 0 aromatic heterocycles. The number of phosphoric ester groups is 2. The van der Waals surface area contributed by atoms with Crippen molar-refractivity contribution in [1.82, 2.24) is 0 Å². The Bertz CT molecular complexity index is 1490. The molecule has 0 heterocycles. The SMILES string of the molecule is CC#CC#CC#CC#CC(=O)OC[C@H](COP(=O)(O)OC1C(O)[C@H](O)C(OP(=O)(O)O)C(O)[C@@H]1O)OC(=O)CCCCCCCCCCCCCCC.S.[HH].[HH].[HH].[HH].[HH].[HH].[HH].